The quantitative estimate of drug-likeness (QED) is 0.736. The summed E-state index contributed by atoms with van der Waals surface area (Å²) in [5.41, 5.74) is -1.10. The van der Waals surface area contributed by atoms with Crippen molar-refractivity contribution < 1.29 is 23.4 Å². The number of nitrogens with one attached hydrogen (secondary N) is 1. The minimum Gasteiger partial charge on any atom is -0.444 e. The summed E-state index contributed by atoms with van der Waals surface area (Å²) in [5, 5.41) is 12.5. The maximum atomic E-state index is 14.3. The highest BCUT2D eigenvalue weighted by atomic mass is 35.5. The lowest BCUT2D eigenvalue weighted by molar-refractivity contribution is 0.0523. The molecule has 142 valence electrons. The number of aromatic nitrogens is 1. The smallest absolute Gasteiger partial charge is 0.407 e. The van der Waals surface area contributed by atoms with Crippen molar-refractivity contribution in [3.8, 4) is 0 Å². The fourth-order valence-corrected chi connectivity index (χ4v) is 3.48. The van der Waals surface area contributed by atoms with Crippen LogP contribution in [0.2, 0.25) is 9.62 Å². The number of hydrogen-bond donors (Lipinski definition) is 2. The summed E-state index contributed by atoms with van der Waals surface area (Å²) in [7, 11) is 0. The zero-order valence-electron chi connectivity index (χ0n) is 14.1. The Morgan fingerprint density at radius 1 is 1.35 bits per heavy atom. The molecule has 5 nitrogen and oxygen atoms in total. The highest BCUT2D eigenvalue weighted by molar-refractivity contribution is 7.16. The van der Waals surface area contributed by atoms with Gasteiger partial charge in [0, 0.05) is 6.54 Å². The SMILES string of the molecule is CC(C)(C)OC(=O)NCc1cc(F)c(C(O)c2sc(Cl)nc2Cl)c(F)c1. The lowest BCUT2D eigenvalue weighted by atomic mass is 10.0. The Morgan fingerprint density at radius 3 is 2.38 bits per heavy atom. The van der Waals surface area contributed by atoms with Gasteiger partial charge in [-0.15, -0.1) is 11.3 Å². The van der Waals surface area contributed by atoms with Crippen molar-refractivity contribution in [1.82, 2.24) is 10.3 Å². The molecule has 0 radical (unpaired) electrons. The van der Waals surface area contributed by atoms with Crippen LogP contribution < -0.4 is 5.32 Å². The summed E-state index contributed by atoms with van der Waals surface area (Å²) in [6, 6.07) is 2.02. The monoisotopic (exact) mass is 424 g/mol. The van der Waals surface area contributed by atoms with Crippen LogP contribution in [0.1, 0.15) is 42.9 Å². The van der Waals surface area contributed by atoms with E-state index < -0.39 is 35.0 Å². The lowest BCUT2D eigenvalue weighted by Gasteiger charge is -2.20. The van der Waals surface area contributed by atoms with Gasteiger partial charge < -0.3 is 15.2 Å². The molecule has 26 heavy (non-hydrogen) atoms. The van der Waals surface area contributed by atoms with Crippen LogP contribution in [0.25, 0.3) is 0 Å². The number of halogens is 4. The van der Waals surface area contributed by atoms with Crippen LogP contribution in [0.3, 0.4) is 0 Å². The number of aliphatic hydroxyl groups excluding tert-OH is 1. The van der Waals surface area contributed by atoms with Crippen molar-refractivity contribution in [2.24, 2.45) is 0 Å². The van der Waals surface area contributed by atoms with Crippen LogP contribution in [0.4, 0.5) is 13.6 Å². The second-order valence-electron chi connectivity index (χ2n) is 6.35. The predicted molar refractivity (Wildman–Crippen MR) is 95.6 cm³/mol. The molecule has 0 saturated heterocycles. The summed E-state index contributed by atoms with van der Waals surface area (Å²) in [6.45, 7) is 4.93. The first-order valence-electron chi connectivity index (χ1n) is 7.42. The Bertz CT molecular complexity index is 801. The fourth-order valence-electron chi connectivity index (χ4n) is 2.08. The first-order valence-corrected chi connectivity index (χ1v) is 8.99. The van der Waals surface area contributed by atoms with E-state index in [9.17, 15) is 18.7 Å². The first-order chi connectivity index (χ1) is 12.0. The van der Waals surface area contributed by atoms with E-state index in [1.807, 2.05) is 0 Å². The third-order valence-electron chi connectivity index (χ3n) is 3.08. The summed E-state index contributed by atoms with van der Waals surface area (Å²) in [5.74, 6) is -1.97. The van der Waals surface area contributed by atoms with Gasteiger partial charge in [-0.1, -0.05) is 23.2 Å². The zero-order chi connectivity index (χ0) is 19.6. The van der Waals surface area contributed by atoms with Crippen LogP contribution in [-0.2, 0) is 11.3 Å². The Balaban J connectivity index is 2.18. The molecule has 10 heteroatoms. The third-order valence-corrected chi connectivity index (χ3v) is 4.69. The number of benzene rings is 1. The number of carbonyl (C=O) groups excluding carboxylic acids is 1. The van der Waals surface area contributed by atoms with Gasteiger partial charge in [0.15, 0.2) is 4.47 Å². The number of alkyl carbamates (subject to hydrolysis) is 1. The Labute approximate surface area is 162 Å². The predicted octanol–water partition coefficient (Wildman–Crippen LogP) is 4.83. The van der Waals surface area contributed by atoms with Crippen LogP contribution in [0, 0.1) is 11.6 Å². The summed E-state index contributed by atoms with van der Waals surface area (Å²) in [4.78, 5) is 15.3. The summed E-state index contributed by atoms with van der Waals surface area (Å²) in [6.07, 6.45) is -2.37. The average Bonchev–Trinajstić information content (AvgIpc) is 2.81. The molecule has 0 aliphatic carbocycles. The molecule has 0 saturated carbocycles. The molecule has 2 aromatic rings. The van der Waals surface area contributed by atoms with Crippen molar-refractivity contribution in [1.29, 1.82) is 0 Å². The number of hydrogen-bond acceptors (Lipinski definition) is 5. The zero-order valence-corrected chi connectivity index (χ0v) is 16.4. The molecule has 0 bridgehead atoms. The number of nitrogens with zero attached hydrogens (tertiary/aromatic N) is 1. The highest BCUT2D eigenvalue weighted by Gasteiger charge is 2.25. The summed E-state index contributed by atoms with van der Waals surface area (Å²) >= 11 is 12.3. The number of thiazole rings is 1. The number of amides is 1. The molecule has 2 rings (SSSR count). The Hall–Kier alpha value is -1.48. The van der Waals surface area contributed by atoms with Gasteiger partial charge >= 0.3 is 6.09 Å². The van der Waals surface area contributed by atoms with E-state index in [-0.39, 0.29) is 26.6 Å². The molecule has 0 aliphatic heterocycles. The van der Waals surface area contributed by atoms with E-state index in [1.54, 1.807) is 20.8 Å². The van der Waals surface area contributed by atoms with Gasteiger partial charge in [0.1, 0.15) is 28.5 Å². The molecule has 1 atom stereocenters. The van der Waals surface area contributed by atoms with Gasteiger partial charge in [-0.2, -0.15) is 0 Å². The maximum Gasteiger partial charge on any atom is 0.407 e. The number of ether oxygens (including phenoxy) is 1. The Kier molecular flexibility index (Phi) is 6.44. The van der Waals surface area contributed by atoms with Crippen molar-refractivity contribution in [2.75, 3.05) is 0 Å². The first kappa shape index (κ1) is 20.8. The average molecular weight is 425 g/mol. The Morgan fingerprint density at radius 2 is 1.92 bits per heavy atom. The molecule has 1 unspecified atom stereocenters. The van der Waals surface area contributed by atoms with E-state index in [1.165, 1.54) is 0 Å². The molecule has 1 heterocycles. The van der Waals surface area contributed by atoms with Gasteiger partial charge in [0.25, 0.3) is 0 Å². The molecular formula is C16H16Cl2F2N2O3S. The molecule has 0 spiro atoms. The van der Waals surface area contributed by atoms with Crippen molar-refractivity contribution in [3.05, 3.63) is 49.4 Å². The van der Waals surface area contributed by atoms with E-state index in [0.717, 1.165) is 23.5 Å². The topological polar surface area (TPSA) is 71.5 Å². The van der Waals surface area contributed by atoms with Crippen LogP contribution >= 0.6 is 34.5 Å². The molecule has 0 aliphatic rings. The van der Waals surface area contributed by atoms with Crippen molar-refractivity contribution in [2.45, 2.75) is 39.0 Å². The highest BCUT2D eigenvalue weighted by Crippen LogP contribution is 2.37. The number of aliphatic hydroxyl groups is 1. The molecule has 1 aromatic heterocycles. The van der Waals surface area contributed by atoms with Gasteiger partial charge in [-0.25, -0.2) is 18.6 Å². The largest absolute Gasteiger partial charge is 0.444 e. The normalized spacial score (nSPS) is 12.8. The standard InChI is InChI=1S/C16H16Cl2F2N2O3S/c1-16(2,3)25-15(24)21-6-7-4-8(19)10(9(20)5-7)11(23)12-13(17)22-14(18)26-12/h4-5,11,23H,6H2,1-3H3,(H,21,24). The fraction of sp³-hybridized carbons (Fsp3) is 0.375. The van der Waals surface area contributed by atoms with Crippen molar-refractivity contribution in [3.63, 3.8) is 0 Å². The maximum absolute atomic E-state index is 14.3. The van der Waals surface area contributed by atoms with Crippen LogP contribution in [-0.4, -0.2) is 21.8 Å². The molecule has 1 aromatic carbocycles. The van der Waals surface area contributed by atoms with E-state index in [0.29, 0.717) is 0 Å². The van der Waals surface area contributed by atoms with Crippen LogP contribution in [0.5, 0.6) is 0 Å². The minimum atomic E-state index is -1.65. The number of rotatable bonds is 4. The van der Waals surface area contributed by atoms with Gasteiger partial charge in [-0.05, 0) is 38.5 Å². The van der Waals surface area contributed by atoms with E-state index in [2.05, 4.69) is 10.3 Å². The van der Waals surface area contributed by atoms with Gasteiger partial charge in [-0.3, -0.25) is 0 Å². The second-order valence-corrected chi connectivity index (χ2v) is 8.32. The second kappa shape index (κ2) is 8.04. The molecule has 1 amide bonds. The number of carbonyl (C=O) groups is 1. The van der Waals surface area contributed by atoms with Gasteiger partial charge in [0.05, 0.1) is 10.4 Å². The molecule has 0 fully saturated rings. The van der Waals surface area contributed by atoms with Gasteiger partial charge in [0.2, 0.25) is 0 Å². The molecular weight excluding hydrogens is 409 g/mol. The third kappa shape index (κ3) is 5.26. The molecule has 2 N–H and O–H groups in total. The van der Waals surface area contributed by atoms with E-state index >= 15 is 0 Å². The van der Waals surface area contributed by atoms with Crippen LogP contribution in [0.15, 0.2) is 12.1 Å². The summed E-state index contributed by atoms with van der Waals surface area (Å²) < 4.78 is 33.8. The van der Waals surface area contributed by atoms with E-state index in [4.69, 9.17) is 27.9 Å². The lowest BCUT2D eigenvalue weighted by Crippen LogP contribution is -2.32. The van der Waals surface area contributed by atoms with Crippen molar-refractivity contribution >= 4 is 40.6 Å². The minimum absolute atomic E-state index is 0.0362.